The van der Waals surface area contributed by atoms with E-state index in [4.69, 9.17) is 4.42 Å². The monoisotopic (exact) mass is 362 g/mol. The quantitative estimate of drug-likeness (QED) is 0.785. The molecule has 1 aromatic heterocycles. The average Bonchev–Trinajstić information content (AvgIpc) is 3.19. The molecule has 26 heavy (non-hydrogen) atoms. The van der Waals surface area contributed by atoms with Crippen LogP contribution >= 0.6 is 0 Å². The molecule has 4 amide bonds. The Kier molecular flexibility index (Phi) is 4.93. The summed E-state index contributed by atoms with van der Waals surface area (Å²) in [6, 6.07) is 1.55. The zero-order valence-electron chi connectivity index (χ0n) is 15.6. The lowest BCUT2D eigenvalue weighted by atomic mass is 9.86. The molecule has 0 unspecified atom stereocenters. The fourth-order valence-electron chi connectivity index (χ4n) is 3.93. The third-order valence-electron chi connectivity index (χ3n) is 5.19. The minimum Gasteiger partial charge on any atom is -0.472 e. The van der Waals surface area contributed by atoms with Gasteiger partial charge in [0.15, 0.2) is 0 Å². The fraction of sp³-hybridized carbons (Fsp3) is 0.611. The third kappa shape index (κ3) is 3.40. The minimum absolute atomic E-state index is 0.0855. The summed E-state index contributed by atoms with van der Waals surface area (Å²) in [6.07, 6.45) is 3.26. The van der Waals surface area contributed by atoms with Gasteiger partial charge in [0.05, 0.1) is 11.8 Å². The summed E-state index contributed by atoms with van der Waals surface area (Å²) < 4.78 is 5.04. The highest BCUT2D eigenvalue weighted by Gasteiger charge is 2.47. The molecule has 2 aliphatic rings. The second-order valence-corrected chi connectivity index (χ2v) is 7.42. The smallest absolute Gasteiger partial charge is 0.319 e. The number of nitrogens with zero attached hydrogens (tertiary/aromatic N) is 4. The molecule has 1 aromatic rings. The zero-order valence-corrected chi connectivity index (χ0v) is 15.6. The van der Waals surface area contributed by atoms with E-state index < -0.39 is 5.41 Å². The predicted octanol–water partition coefficient (Wildman–Crippen LogP) is 0.958. The zero-order chi connectivity index (χ0) is 18.9. The van der Waals surface area contributed by atoms with Crippen molar-refractivity contribution in [3.05, 3.63) is 24.2 Å². The Bertz CT molecular complexity index is 687. The van der Waals surface area contributed by atoms with Crippen LogP contribution in [0.3, 0.4) is 0 Å². The van der Waals surface area contributed by atoms with Crippen LogP contribution in [-0.2, 0) is 4.79 Å². The molecule has 1 atom stereocenters. The van der Waals surface area contributed by atoms with Crippen LogP contribution < -0.4 is 0 Å². The van der Waals surface area contributed by atoms with E-state index in [1.807, 2.05) is 11.8 Å². The number of furan rings is 1. The van der Waals surface area contributed by atoms with E-state index in [0.29, 0.717) is 51.3 Å². The van der Waals surface area contributed by atoms with Crippen molar-refractivity contribution in [2.45, 2.75) is 13.3 Å². The van der Waals surface area contributed by atoms with Crippen molar-refractivity contribution >= 4 is 17.8 Å². The number of hydrogen-bond donors (Lipinski definition) is 0. The Morgan fingerprint density at radius 3 is 2.46 bits per heavy atom. The van der Waals surface area contributed by atoms with Crippen molar-refractivity contribution in [2.24, 2.45) is 5.41 Å². The molecule has 142 valence electrons. The highest BCUT2D eigenvalue weighted by Crippen LogP contribution is 2.35. The van der Waals surface area contributed by atoms with E-state index in [2.05, 4.69) is 0 Å². The molecule has 0 saturated carbocycles. The molecule has 0 aliphatic carbocycles. The summed E-state index contributed by atoms with van der Waals surface area (Å²) in [5.74, 6) is -0.0398. The van der Waals surface area contributed by atoms with Crippen molar-refractivity contribution in [2.75, 3.05) is 53.4 Å². The Morgan fingerprint density at radius 1 is 1.19 bits per heavy atom. The van der Waals surface area contributed by atoms with Crippen LogP contribution in [0.5, 0.6) is 0 Å². The van der Waals surface area contributed by atoms with Gasteiger partial charge < -0.3 is 24.0 Å². The topological polar surface area (TPSA) is 77.3 Å². The molecular formula is C18H26N4O4. The summed E-state index contributed by atoms with van der Waals surface area (Å²) in [5.41, 5.74) is 0.0542. The average molecular weight is 362 g/mol. The lowest BCUT2D eigenvalue weighted by Gasteiger charge is -2.34. The van der Waals surface area contributed by atoms with Gasteiger partial charge in [0, 0.05) is 65.2 Å². The Balaban J connectivity index is 1.88. The molecule has 8 nitrogen and oxygen atoms in total. The van der Waals surface area contributed by atoms with Gasteiger partial charge in [0.25, 0.3) is 5.91 Å². The number of carbonyl (C=O) groups is 3. The van der Waals surface area contributed by atoms with Crippen molar-refractivity contribution in [3.63, 3.8) is 0 Å². The van der Waals surface area contributed by atoms with E-state index in [0.717, 1.165) is 0 Å². The van der Waals surface area contributed by atoms with Gasteiger partial charge in [-0.15, -0.1) is 0 Å². The summed E-state index contributed by atoms with van der Waals surface area (Å²) in [6.45, 7) is 4.96. The first-order valence-corrected chi connectivity index (χ1v) is 8.91. The number of likely N-dealkylation sites (tertiary alicyclic amines) is 1. The molecule has 0 bridgehead atoms. The van der Waals surface area contributed by atoms with Gasteiger partial charge in [0.1, 0.15) is 6.26 Å². The van der Waals surface area contributed by atoms with E-state index in [1.54, 1.807) is 30.0 Å². The molecule has 2 fully saturated rings. The Hall–Kier alpha value is -2.51. The molecule has 2 aliphatic heterocycles. The van der Waals surface area contributed by atoms with Crippen LogP contribution in [0.2, 0.25) is 0 Å². The van der Waals surface area contributed by atoms with Gasteiger partial charge in [0.2, 0.25) is 5.91 Å². The predicted molar refractivity (Wildman–Crippen MR) is 94.6 cm³/mol. The first kappa shape index (κ1) is 18.3. The normalized spacial score (nSPS) is 23.5. The molecule has 0 radical (unpaired) electrons. The molecule has 8 heteroatoms. The van der Waals surface area contributed by atoms with Crippen LogP contribution in [-0.4, -0.2) is 90.8 Å². The van der Waals surface area contributed by atoms with Gasteiger partial charge in [-0.1, -0.05) is 0 Å². The number of hydrogen-bond acceptors (Lipinski definition) is 4. The molecule has 1 spiro atoms. The first-order chi connectivity index (χ1) is 12.3. The second-order valence-electron chi connectivity index (χ2n) is 7.42. The van der Waals surface area contributed by atoms with Gasteiger partial charge in [-0.3, -0.25) is 9.59 Å². The van der Waals surface area contributed by atoms with Gasteiger partial charge in [-0.05, 0) is 13.0 Å². The fourth-order valence-corrected chi connectivity index (χ4v) is 3.93. The number of carbonyl (C=O) groups excluding carboxylic acids is 3. The van der Waals surface area contributed by atoms with E-state index in [1.165, 1.54) is 17.4 Å². The van der Waals surface area contributed by atoms with Crippen LogP contribution in [0.25, 0.3) is 0 Å². The lowest BCUT2D eigenvalue weighted by Crippen LogP contribution is -2.47. The second kappa shape index (κ2) is 7.01. The Morgan fingerprint density at radius 2 is 1.88 bits per heavy atom. The number of rotatable bonds is 2. The standard InChI is InChI=1S/C18H26N4O4/c1-4-20-11-18(9-15(20)23)12-21(16(24)14-5-8-26-10-14)6-7-22(13-18)17(25)19(2)3/h5,8,10H,4,6-7,9,11-13H2,1-3H3/t18-/m0/s1. The summed E-state index contributed by atoms with van der Waals surface area (Å²) in [4.78, 5) is 44.7. The van der Waals surface area contributed by atoms with Crippen molar-refractivity contribution in [3.8, 4) is 0 Å². The van der Waals surface area contributed by atoms with Gasteiger partial charge in [-0.2, -0.15) is 0 Å². The van der Waals surface area contributed by atoms with Gasteiger partial charge >= 0.3 is 6.03 Å². The molecule has 0 aromatic carbocycles. The van der Waals surface area contributed by atoms with Crippen LogP contribution in [0.4, 0.5) is 4.79 Å². The summed E-state index contributed by atoms with van der Waals surface area (Å²) in [7, 11) is 3.43. The maximum absolute atomic E-state index is 12.9. The first-order valence-electron chi connectivity index (χ1n) is 8.91. The third-order valence-corrected chi connectivity index (χ3v) is 5.19. The Labute approximate surface area is 153 Å². The SMILES string of the molecule is CCN1C[C@@]2(CC1=O)CN(C(=O)c1ccoc1)CCN(C(=O)N(C)C)C2. The largest absolute Gasteiger partial charge is 0.472 e. The number of urea groups is 1. The maximum atomic E-state index is 12.9. The maximum Gasteiger partial charge on any atom is 0.319 e. The molecule has 3 rings (SSSR count). The van der Waals surface area contributed by atoms with E-state index in [9.17, 15) is 14.4 Å². The molecule has 0 N–H and O–H groups in total. The minimum atomic E-state index is -0.436. The van der Waals surface area contributed by atoms with E-state index >= 15 is 0 Å². The highest BCUT2D eigenvalue weighted by molar-refractivity contribution is 5.94. The van der Waals surface area contributed by atoms with Crippen LogP contribution in [0, 0.1) is 5.41 Å². The lowest BCUT2D eigenvalue weighted by molar-refractivity contribution is -0.127. The van der Waals surface area contributed by atoms with Gasteiger partial charge in [-0.25, -0.2) is 4.79 Å². The number of amides is 4. The summed E-state index contributed by atoms with van der Waals surface area (Å²) >= 11 is 0. The molecule has 2 saturated heterocycles. The van der Waals surface area contributed by atoms with Crippen molar-refractivity contribution < 1.29 is 18.8 Å². The summed E-state index contributed by atoms with van der Waals surface area (Å²) in [5, 5.41) is 0. The van der Waals surface area contributed by atoms with Crippen molar-refractivity contribution in [1.82, 2.24) is 19.6 Å². The highest BCUT2D eigenvalue weighted by atomic mass is 16.3. The molecule has 3 heterocycles. The van der Waals surface area contributed by atoms with Crippen molar-refractivity contribution in [1.29, 1.82) is 0 Å². The van der Waals surface area contributed by atoms with Crippen LogP contribution in [0.15, 0.2) is 23.0 Å². The molecular weight excluding hydrogens is 336 g/mol. The van der Waals surface area contributed by atoms with Crippen LogP contribution in [0.1, 0.15) is 23.7 Å². The van der Waals surface area contributed by atoms with E-state index in [-0.39, 0.29) is 17.8 Å².